The lowest BCUT2D eigenvalue weighted by Gasteiger charge is -2.12. The number of rotatable bonds is 2. The molecule has 1 fully saturated rings. The molecule has 0 radical (unpaired) electrons. The van der Waals surface area contributed by atoms with E-state index >= 15 is 0 Å². The lowest BCUT2D eigenvalue weighted by molar-refractivity contribution is -0.120. The van der Waals surface area contributed by atoms with E-state index in [0.717, 1.165) is 11.0 Å². The van der Waals surface area contributed by atoms with E-state index in [-0.39, 0.29) is 5.91 Å². The van der Waals surface area contributed by atoms with E-state index < -0.39 is 9.75 Å². The summed E-state index contributed by atoms with van der Waals surface area (Å²) in [7, 11) is 0. The largest absolute Gasteiger partial charge is 0.325 e. The van der Waals surface area contributed by atoms with Gasteiger partial charge < -0.3 is 5.32 Å². The van der Waals surface area contributed by atoms with E-state index in [4.69, 9.17) is 23.2 Å². The molecule has 3 rings (SSSR count). The van der Waals surface area contributed by atoms with Crippen molar-refractivity contribution in [1.29, 1.82) is 0 Å². The van der Waals surface area contributed by atoms with E-state index in [2.05, 4.69) is 15.3 Å². The van der Waals surface area contributed by atoms with E-state index in [1.165, 1.54) is 0 Å². The number of amides is 1. The Morgan fingerprint density at radius 3 is 2.53 bits per heavy atom. The molecule has 1 aliphatic carbocycles. The average molecular weight is 296 g/mol. The minimum absolute atomic E-state index is 0.180. The molecule has 2 aromatic rings. The zero-order valence-corrected chi connectivity index (χ0v) is 11.7. The minimum atomic E-state index is -0.965. The average Bonchev–Trinajstić information content (AvgIpc) is 2.90. The van der Waals surface area contributed by atoms with E-state index in [1.54, 1.807) is 31.5 Å². The molecule has 4 nitrogen and oxygen atoms in total. The maximum atomic E-state index is 12.1. The van der Waals surface area contributed by atoms with Crippen molar-refractivity contribution in [2.75, 3.05) is 5.32 Å². The van der Waals surface area contributed by atoms with Crippen LogP contribution in [-0.4, -0.2) is 20.2 Å². The second kappa shape index (κ2) is 4.05. The molecule has 1 atom stereocenters. The van der Waals surface area contributed by atoms with Gasteiger partial charge in [0.2, 0.25) is 5.91 Å². The molecule has 98 valence electrons. The standard InChI is InChI=1S/C13H11Cl2N3O/c1-12(7-13(12,14)15)11(19)18-8-2-3-9-10(6-8)17-5-4-16-9/h2-6H,7H2,1H3,(H,18,19). The molecule has 6 heteroatoms. The van der Waals surface area contributed by atoms with Crippen molar-refractivity contribution in [3.05, 3.63) is 30.6 Å². The number of carbonyl (C=O) groups excluding carboxylic acids is 1. The third kappa shape index (κ3) is 2.05. The van der Waals surface area contributed by atoms with Crippen LogP contribution in [0.5, 0.6) is 0 Å². The fraction of sp³-hybridized carbons (Fsp3) is 0.308. The van der Waals surface area contributed by atoms with Gasteiger partial charge in [-0.2, -0.15) is 0 Å². The molecule has 1 aliphatic rings. The van der Waals surface area contributed by atoms with Crippen molar-refractivity contribution < 1.29 is 4.79 Å². The van der Waals surface area contributed by atoms with Gasteiger partial charge in [0.15, 0.2) is 0 Å². The summed E-state index contributed by atoms with van der Waals surface area (Å²) in [6.45, 7) is 1.75. The number of hydrogen-bond donors (Lipinski definition) is 1. The number of alkyl halides is 2. The Bertz CT molecular complexity index is 674. The van der Waals surface area contributed by atoms with Crippen LogP contribution in [0.25, 0.3) is 11.0 Å². The highest BCUT2D eigenvalue weighted by Crippen LogP contribution is 2.64. The molecule has 0 spiro atoms. The Balaban J connectivity index is 1.84. The topological polar surface area (TPSA) is 54.9 Å². The first-order valence-corrected chi connectivity index (χ1v) is 6.58. The first kappa shape index (κ1) is 12.6. The summed E-state index contributed by atoms with van der Waals surface area (Å²) in [6, 6.07) is 5.36. The number of anilines is 1. The van der Waals surface area contributed by atoms with Crippen molar-refractivity contribution in [2.45, 2.75) is 17.7 Å². The third-order valence-corrected chi connectivity index (χ3v) is 4.59. The Kier molecular flexibility index (Phi) is 2.69. The van der Waals surface area contributed by atoms with Crippen molar-refractivity contribution in [1.82, 2.24) is 9.97 Å². The van der Waals surface area contributed by atoms with Gasteiger partial charge in [-0.05, 0) is 31.5 Å². The Morgan fingerprint density at radius 1 is 1.26 bits per heavy atom. The van der Waals surface area contributed by atoms with Crippen LogP contribution in [0.3, 0.4) is 0 Å². The van der Waals surface area contributed by atoms with Gasteiger partial charge in [0.05, 0.1) is 16.4 Å². The van der Waals surface area contributed by atoms with Crippen LogP contribution in [0, 0.1) is 5.41 Å². The Labute approximate surface area is 120 Å². The van der Waals surface area contributed by atoms with Crippen molar-refractivity contribution in [2.24, 2.45) is 5.41 Å². The van der Waals surface area contributed by atoms with Gasteiger partial charge in [0.25, 0.3) is 0 Å². The van der Waals surface area contributed by atoms with Gasteiger partial charge in [-0.3, -0.25) is 14.8 Å². The second-order valence-electron chi connectivity index (χ2n) is 4.93. The molecule has 1 aromatic carbocycles. The molecule has 1 amide bonds. The highest BCUT2D eigenvalue weighted by atomic mass is 35.5. The summed E-state index contributed by atoms with van der Waals surface area (Å²) < 4.78 is -0.965. The third-order valence-electron chi connectivity index (χ3n) is 3.49. The summed E-state index contributed by atoms with van der Waals surface area (Å²) in [5, 5.41) is 2.82. The maximum Gasteiger partial charge on any atom is 0.233 e. The maximum absolute atomic E-state index is 12.1. The zero-order chi connectivity index (χ0) is 13.7. The monoisotopic (exact) mass is 295 g/mol. The molecule has 0 saturated heterocycles. The molecular formula is C13H11Cl2N3O. The Morgan fingerprint density at radius 2 is 1.89 bits per heavy atom. The number of carbonyl (C=O) groups is 1. The van der Waals surface area contributed by atoms with Gasteiger partial charge in [-0.15, -0.1) is 23.2 Å². The second-order valence-corrected chi connectivity index (χ2v) is 6.41. The van der Waals surface area contributed by atoms with E-state index in [0.29, 0.717) is 12.1 Å². The van der Waals surface area contributed by atoms with Crippen LogP contribution in [0.4, 0.5) is 5.69 Å². The van der Waals surface area contributed by atoms with Gasteiger partial charge in [0, 0.05) is 18.1 Å². The number of hydrogen-bond acceptors (Lipinski definition) is 3. The smallest absolute Gasteiger partial charge is 0.233 e. The van der Waals surface area contributed by atoms with Crippen LogP contribution >= 0.6 is 23.2 Å². The summed E-state index contributed by atoms with van der Waals surface area (Å²) in [4.78, 5) is 20.5. The molecule has 0 bridgehead atoms. The molecule has 1 saturated carbocycles. The van der Waals surface area contributed by atoms with Gasteiger partial charge >= 0.3 is 0 Å². The SMILES string of the molecule is CC1(C(=O)Nc2ccc3nccnc3c2)CC1(Cl)Cl. The summed E-state index contributed by atoms with van der Waals surface area (Å²) in [6.07, 6.45) is 3.70. The van der Waals surface area contributed by atoms with E-state index in [1.807, 2.05) is 6.07 Å². The van der Waals surface area contributed by atoms with Crippen molar-refractivity contribution >= 4 is 45.8 Å². The molecule has 1 N–H and O–H groups in total. The summed E-state index contributed by atoms with van der Waals surface area (Å²) in [5.41, 5.74) is 1.44. The molecule has 1 aromatic heterocycles. The van der Waals surface area contributed by atoms with Crippen molar-refractivity contribution in [3.63, 3.8) is 0 Å². The lowest BCUT2D eigenvalue weighted by Crippen LogP contribution is -2.25. The lowest BCUT2D eigenvalue weighted by atomic mass is 10.1. The van der Waals surface area contributed by atoms with Crippen LogP contribution in [0.15, 0.2) is 30.6 Å². The van der Waals surface area contributed by atoms with Gasteiger partial charge in [-0.1, -0.05) is 0 Å². The normalized spacial score (nSPS) is 24.2. The minimum Gasteiger partial charge on any atom is -0.325 e. The van der Waals surface area contributed by atoms with Crippen LogP contribution in [0.2, 0.25) is 0 Å². The predicted octanol–water partition coefficient (Wildman–Crippen LogP) is 3.15. The summed E-state index contributed by atoms with van der Waals surface area (Å²) in [5.74, 6) is -0.180. The van der Waals surface area contributed by atoms with Crippen molar-refractivity contribution in [3.8, 4) is 0 Å². The van der Waals surface area contributed by atoms with Gasteiger partial charge in [-0.25, -0.2) is 0 Å². The molecule has 1 heterocycles. The highest BCUT2D eigenvalue weighted by molar-refractivity contribution is 6.53. The highest BCUT2D eigenvalue weighted by Gasteiger charge is 2.67. The van der Waals surface area contributed by atoms with Gasteiger partial charge in [0.1, 0.15) is 4.33 Å². The number of nitrogens with one attached hydrogen (secondary N) is 1. The van der Waals surface area contributed by atoms with E-state index in [9.17, 15) is 4.79 Å². The fourth-order valence-electron chi connectivity index (χ4n) is 1.96. The summed E-state index contributed by atoms with van der Waals surface area (Å²) >= 11 is 12.0. The predicted molar refractivity (Wildman–Crippen MR) is 75.3 cm³/mol. The molecule has 0 aliphatic heterocycles. The Hall–Kier alpha value is -1.39. The molecular weight excluding hydrogens is 285 g/mol. The number of nitrogens with zero attached hydrogens (tertiary/aromatic N) is 2. The first-order chi connectivity index (χ1) is 8.92. The van der Waals surface area contributed by atoms with Crippen LogP contribution in [0.1, 0.15) is 13.3 Å². The number of halogens is 2. The first-order valence-electron chi connectivity index (χ1n) is 5.82. The number of aromatic nitrogens is 2. The number of fused-ring (bicyclic) bond motifs is 1. The van der Waals surface area contributed by atoms with Crippen LogP contribution < -0.4 is 5.32 Å². The zero-order valence-electron chi connectivity index (χ0n) is 10.2. The fourth-order valence-corrected chi connectivity index (χ4v) is 2.66. The number of benzene rings is 1. The molecule has 1 unspecified atom stereocenters. The quantitative estimate of drug-likeness (QED) is 0.866. The van der Waals surface area contributed by atoms with Crippen LogP contribution in [-0.2, 0) is 4.79 Å². The molecule has 19 heavy (non-hydrogen) atoms.